The first kappa shape index (κ1) is 41.3. The first-order valence-electron chi connectivity index (χ1n) is 17.8. The molecule has 0 spiro atoms. The smallest absolute Gasteiger partial charge is 0.266 e. The van der Waals surface area contributed by atoms with Gasteiger partial charge in [-0.25, -0.2) is 0 Å². The highest BCUT2D eigenvalue weighted by Crippen LogP contribution is 2.16. The normalized spacial score (nSPS) is 14.1. The molecule has 7 nitrogen and oxygen atoms in total. The SMILES string of the molecule is CCCCCCCCCCCCCCCCC(O)C(CS(=O)(=O)O)NC(=O)C(O)CCCCCCCCCCCCC. The molecule has 3 unspecified atom stereocenters. The monoisotopic (exact) mass is 619 g/mol. The Morgan fingerprint density at radius 1 is 0.548 bits per heavy atom. The van der Waals surface area contributed by atoms with E-state index in [4.69, 9.17) is 0 Å². The van der Waals surface area contributed by atoms with Crippen molar-refractivity contribution in [3.8, 4) is 0 Å². The summed E-state index contributed by atoms with van der Waals surface area (Å²) in [6, 6.07) is -1.14. The van der Waals surface area contributed by atoms with Gasteiger partial charge in [0, 0.05) is 0 Å². The zero-order valence-electron chi connectivity index (χ0n) is 27.5. The topological polar surface area (TPSA) is 124 Å². The van der Waals surface area contributed by atoms with Crippen LogP contribution in [0.1, 0.15) is 187 Å². The number of aliphatic hydroxyl groups is 2. The van der Waals surface area contributed by atoms with Crippen molar-refractivity contribution >= 4 is 16.0 Å². The summed E-state index contributed by atoms with van der Waals surface area (Å²) in [5.74, 6) is -1.44. The number of carbonyl (C=O) groups excluding carboxylic acids is 1. The van der Waals surface area contributed by atoms with Gasteiger partial charge in [-0.1, -0.05) is 174 Å². The van der Waals surface area contributed by atoms with Gasteiger partial charge in [0.25, 0.3) is 10.1 Å². The Morgan fingerprint density at radius 3 is 1.19 bits per heavy atom. The minimum Gasteiger partial charge on any atom is -0.391 e. The van der Waals surface area contributed by atoms with E-state index in [1.807, 2.05) is 0 Å². The van der Waals surface area contributed by atoms with Crippen LogP contribution >= 0.6 is 0 Å². The molecule has 0 saturated carbocycles. The van der Waals surface area contributed by atoms with Crippen LogP contribution in [-0.4, -0.2) is 53.1 Å². The van der Waals surface area contributed by atoms with Crippen LogP contribution in [0.3, 0.4) is 0 Å². The third-order valence-corrected chi connectivity index (χ3v) is 9.20. The molecule has 0 fully saturated rings. The molecule has 252 valence electrons. The molecule has 0 aromatic carbocycles. The summed E-state index contributed by atoms with van der Waals surface area (Å²) in [5.41, 5.74) is 0. The van der Waals surface area contributed by atoms with Crippen LogP contribution in [-0.2, 0) is 14.9 Å². The fourth-order valence-corrected chi connectivity index (χ4v) is 6.40. The van der Waals surface area contributed by atoms with Gasteiger partial charge in [0.05, 0.1) is 17.9 Å². The maximum absolute atomic E-state index is 12.5. The van der Waals surface area contributed by atoms with Crippen molar-refractivity contribution in [2.75, 3.05) is 5.75 Å². The molecule has 42 heavy (non-hydrogen) atoms. The molecule has 0 saturated heterocycles. The summed E-state index contributed by atoms with van der Waals surface area (Å²) in [6.45, 7) is 4.47. The van der Waals surface area contributed by atoms with Crippen molar-refractivity contribution in [3.63, 3.8) is 0 Å². The summed E-state index contributed by atoms with van der Waals surface area (Å²) >= 11 is 0. The number of rotatable bonds is 32. The highest BCUT2D eigenvalue weighted by Gasteiger charge is 2.28. The summed E-state index contributed by atoms with van der Waals surface area (Å²) in [5, 5.41) is 23.4. The van der Waals surface area contributed by atoms with Gasteiger partial charge in [0.2, 0.25) is 5.91 Å². The van der Waals surface area contributed by atoms with Gasteiger partial charge in [-0.2, -0.15) is 8.42 Å². The van der Waals surface area contributed by atoms with E-state index in [-0.39, 0.29) is 0 Å². The van der Waals surface area contributed by atoms with Gasteiger partial charge >= 0.3 is 0 Å². The molecule has 0 aromatic rings. The summed E-state index contributed by atoms with van der Waals surface area (Å²) in [6.07, 6.45) is 28.3. The number of hydrogen-bond acceptors (Lipinski definition) is 5. The molecule has 0 rings (SSSR count). The average Bonchev–Trinajstić information content (AvgIpc) is 2.94. The van der Waals surface area contributed by atoms with Crippen LogP contribution in [0.15, 0.2) is 0 Å². The summed E-state index contributed by atoms with van der Waals surface area (Å²) in [4.78, 5) is 12.5. The van der Waals surface area contributed by atoms with Crippen LogP contribution < -0.4 is 5.32 Å². The third kappa shape index (κ3) is 28.1. The van der Waals surface area contributed by atoms with Gasteiger partial charge in [0.1, 0.15) is 6.10 Å². The van der Waals surface area contributed by atoms with Crippen molar-refractivity contribution in [2.24, 2.45) is 0 Å². The first-order valence-corrected chi connectivity index (χ1v) is 19.4. The maximum Gasteiger partial charge on any atom is 0.266 e. The van der Waals surface area contributed by atoms with E-state index >= 15 is 0 Å². The van der Waals surface area contributed by atoms with Gasteiger partial charge in [-0.05, 0) is 12.8 Å². The number of amides is 1. The summed E-state index contributed by atoms with van der Waals surface area (Å²) < 4.78 is 32.4. The Balaban J connectivity index is 4.06. The molecule has 8 heteroatoms. The molecule has 3 atom stereocenters. The molecule has 0 aliphatic carbocycles. The molecule has 0 radical (unpaired) electrons. The number of aliphatic hydroxyl groups excluding tert-OH is 2. The van der Waals surface area contributed by atoms with E-state index in [2.05, 4.69) is 19.2 Å². The largest absolute Gasteiger partial charge is 0.391 e. The van der Waals surface area contributed by atoms with Gasteiger partial charge in [-0.3, -0.25) is 9.35 Å². The van der Waals surface area contributed by atoms with Gasteiger partial charge in [0.15, 0.2) is 0 Å². The van der Waals surface area contributed by atoms with Crippen LogP contribution in [0.25, 0.3) is 0 Å². The summed E-state index contributed by atoms with van der Waals surface area (Å²) in [7, 11) is -4.39. The van der Waals surface area contributed by atoms with Crippen molar-refractivity contribution < 1.29 is 28.0 Å². The molecular formula is C34H69NO6S. The van der Waals surface area contributed by atoms with Crippen LogP contribution in [0.5, 0.6) is 0 Å². The maximum atomic E-state index is 12.5. The van der Waals surface area contributed by atoms with Crippen molar-refractivity contribution in [1.29, 1.82) is 0 Å². The molecule has 0 aliphatic heterocycles. The lowest BCUT2D eigenvalue weighted by atomic mass is 10.0. The number of carbonyl (C=O) groups is 1. The zero-order chi connectivity index (χ0) is 31.3. The van der Waals surface area contributed by atoms with E-state index in [1.54, 1.807) is 0 Å². The Labute approximate surface area is 260 Å². The fraction of sp³-hybridized carbons (Fsp3) is 0.971. The van der Waals surface area contributed by atoms with E-state index in [1.165, 1.54) is 109 Å². The lowest BCUT2D eigenvalue weighted by Gasteiger charge is -2.24. The Morgan fingerprint density at radius 2 is 0.857 bits per heavy atom. The Hall–Kier alpha value is -0.700. The number of unbranched alkanes of at least 4 members (excludes halogenated alkanes) is 23. The van der Waals surface area contributed by atoms with E-state index in [0.29, 0.717) is 12.8 Å². The van der Waals surface area contributed by atoms with Crippen molar-refractivity contribution in [2.45, 2.75) is 205 Å². The van der Waals surface area contributed by atoms with Crippen LogP contribution in [0.4, 0.5) is 0 Å². The lowest BCUT2D eigenvalue weighted by molar-refractivity contribution is -0.131. The fourth-order valence-electron chi connectivity index (χ4n) is 5.64. The molecule has 0 bridgehead atoms. The predicted molar refractivity (Wildman–Crippen MR) is 176 cm³/mol. The quantitative estimate of drug-likeness (QED) is 0.0441. The highest BCUT2D eigenvalue weighted by atomic mass is 32.2. The molecule has 0 heterocycles. The number of hydrogen-bond donors (Lipinski definition) is 4. The first-order chi connectivity index (χ1) is 20.2. The number of nitrogens with one attached hydrogen (secondary N) is 1. The minimum absolute atomic E-state index is 0.302. The molecule has 4 N–H and O–H groups in total. The standard InChI is InChI=1S/C34H69NO6S/c1-3-5-7-9-11-13-15-16-17-19-20-22-24-26-28-32(36)31(30-42(39,40)41)35-34(38)33(37)29-27-25-23-21-18-14-12-10-8-6-4-2/h31-33,36-37H,3-30H2,1-2H3,(H,35,38)(H,39,40,41). The van der Waals surface area contributed by atoms with Gasteiger partial charge in [-0.15, -0.1) is 0 Å². The zero-order valence-corrected chi connectivity index (χ0v) is 28.3. The van der Waals surface area contributed by atoms with Crippen LogP contribution in [0.2, 0.25) is 0 Å². The second-order valence-electron chi connectivity index (χ2n) is 12.7. The highest BCUT2D eigenvalue weighted by molar-refractivity contribution is 7.85. The van der Waals surface area contributed by atoms with E-state index in [0.717, 1.165) is 51.4 Å². The minimum atomic E-state index is -4.39. The molecule has 0 aromatic heterocycles. The third-order valence-electron chi connectivity index (χ3n) is 8.42. The molecule has 1 amide bonds. The van der Waals surface area contributed by atoms with E-state index < -0.39 is 40.0 Å². The molecular weight excluding hydrogens is 550 g/mol. The lowest BCUT2D eigenvalue weighted by Crippen LogP contribution is -2.50. The average molecular weight is 620 g/mol. The van der Waals surface area contributed by atoms with Crippen molar-refractivity contribution in [1.82, 2.24) is 5.32 Å². The van der Waals surface area contributed by atoms with Crippen LogP contribution in [0, 0.1) is 0 Å². The van der Waals surface area contributed by atoms with Gasteiger partial charge < -0.3 is 15.5 Å². The second kappa shape index (κ2) is 29.0. The predicted octanol–water partition coefficient (Wildman–Crippen LogP) is 8.65. The second-order valence-corrected chi connectivity index (χ2v) is 14.2. The Kier molecular flexibility index (Phi) is 28.6. The Bertz CT molecular complexity index is 702. The van der Waals surface area contributed by atoms with E-state index in [9.17, 15) is 28.0 Å². The molecule has 0 aliphatic rings. The van der Waals surface area contributed by atoms with Crippen molar-refractivity contribution in [3.05, 3.63) is 0 Å².